The second-order valence-electron chi connectivity index (χ2n) is 21.0. The van der Waals surface area contributed by atoms with Gasteiger partial charge in [-0.05, 0) is 172 Å². The largest absolute Gasteiger partial charge is 0.310 e. The third-order valence-corrected chi connectivity index (χ3v) is 16.3. The number of benzene rings is 15. The highest BCUT2D eigenvalue weighted by Crippen LogP contribution is 2.46. The zero-order valence-corrected chi connectivity index (χ0v) is 43.5. The average Bonchev–Trinajstić information content (AvgIpc) is 3.55. The first-order valence-corrected chi connectivity index (χ1v) is 27.1. The fraction of sp³-hybridized carbons (Fsp3) is 0.0263. The van der Waals surface area contributed by atoms with E-state index in [0.717, 1.165) is 45.3 Å². The van der Waals surface area contributed by atoms with Gasteiger partial charge in [0.25, 0.3) is 0 Å². The highest BCUT2D eigenvalue weighted by atomic mass is 15.1. The molecule has 0 amide bonds. The summed E-state index contributed by atoms with van der Waals surface area (Å²) in [5.74, 6) is 0. The number of hydrogen-bond acceptors (Lipinski definition) is 2. The van der Waals surface area contributed by atoms with Gasteiger partial charge in [-0.2, -0.15) is 0 Å². The highest BCUT2D eigenvalue weighted by molar-refractivity contribution is 6.27. The summed E-state index contributed by atoms with van der Waals surface area (Å²) in [5, 5.41) is 20.3. The lowest BCUT2D eigenvalue weighted by atomic mass is 9.90. The average molecular weight is 993 g/mol. The first kappa shape index (κ1) is 45.4. The predicted molar refractivity (Wildman–Crippen MR) is 338 cm³/mol. The quantitative estimate of drug-likeness (QED) is 0.0765. The standard InChI is InChI=1S/C76H52N2/c1-49-17-35-59(36-18-49)77(71-47-33-57-29-27-53-9-7-11-55-31-45-69(71)75(57)73(53)55)61-39-21-51(22-40-61)25-43-67-63-13-3-5-15-65(63)68(66-16-6-4-14-64(66)67)44-26-52-23-41-62(42-24-52)78(60-37-19-50(2)20-38-60)72-48-34-58-30-28-54-10-8-12-56-32-46-70(72)76(58)74(54)56/h3-48H,1-2H3. The molecule has 0 saturated carbocycles. The van der Waals surface area contributed by atoms with E-state index in [2.05, 4.69) is 303 Å². The van der Waals surface area contributed by atoms with Gasteiger partial charge in [0.1, 0.15) is 0 Å². The Bertz CT molecular complexity index is 4440. The summed E-state index contributed by atoms with van der Waals surface area (Å²) in [7, 11) is 0. The fourth-order valence-electron chi connectivity index (χ4n) is 12.5. The van der Waals surface area contributed by atoms with Crippen molar-refractivity contribution in [1.29, 1.82) is 0 Å². The minimum Gasteiger partial charge on any atom is -0.310 e. The van der Waals surface area contributed by atoms with E-state index in [1.807, 2.05) is 0 Å². The van der Waals surface area contributed by atoms with Crippen LogP contribution >= 0.6 is 0 Å². The monoisotopic (exact) mass is 992 g/mol. The van der Waals surface area contributed by atoms with Crippen LogP contribution in [-0.4, -0.2) is 0 Å². The third-order valence-electron chi connectivity index (χ3n) is 16.3. The molecule has 0 heterocycles. The highest BCUT2D eigenvalue weighted by Gasteiger charge is 2.21. The number of hydrogen-bond donors (Lipinski definition) is 0. The van der Waals surface area contributed by atoms with Crippen LogP contribution in [0.3, 0.4) is 0 Å². The van der Waals surface area contributed by atoms with Crippen molar-refractivity contribution in [2.45, 2.75) is 13.8 Å². The Morgan fingerprint density at radius 1 is 0.231 bits per heavy atom. The lowest BCUT2D eigenvalue weighted by molar-refractivity contribution is 1.29. The summed E-state index contributed by atoms with van der Waals surface area (Å²) in [6.45, 7) is 4.30. The Kier molecular flexibility index (Phi) is 10.7. The maximum Gasteiger partial charge on any atom is 0.0540 e. The molecule has 0 aliphatic rings. The molecule has 78 heavy (non-hydrogen) atoms. The van der Waals surface area contributed by atoms with E-state index in [4.69, 9.17) is 0 Å². The van der Waals surface area contributed by atoms with Crippen molar-refractivity contribution < 1.29 is 0 Å². The summed E-state index contributed by atoms with van der Waals surface area (Å²) in [6, 6.07) is 94.1. The van der Waals surface area contributed by atoms with Gasteiger partial charge in [0.05, 0.1) is 11.4 Å². The number of rotatable bonds is 10. The second-order valence-corrected chi connectivity index (χ2v) is 21.0. The van der Waals surface area contributed by atoms with Crippen molar-refractivity contribution in [2.24, 2.45) is 0 Å². The Balaban J connectivity index is 0.768. The lowest BCUT2D eigenvalue weighted by Gasteiger charge is -2.28. The van der Waals surface area contributed by atoms with Crippen LogP contribution < -0.4 is 9.80 Å². The molecule has 0 radical (unpaired) electrons. The van der Waals surface area contributed by atoms with E-state index >= 15 is 0 Å². The fourth-order valence-corrected chi connectivity index (χ4v) is 12.5. The Morgan fingerprint density at radius 2 is 0.526 bits per heavy atom. The molecule has 2 nitrogen and oxygen atoms in total. The molecule has 0 bridgehead atoms. The van der Waals surface area contributed by atoms with Crippen molar-refractivity contribution in [3.63, 3.8) is 0 Å². The van der Waals surface area contributed by atoms with Gasteiger partial charge in [-0.3, -0.25) is 0 Å². The summed E-state index contributed by atoms with van der Waals surface area (Å²) in [4.78, 5) is 4.82. The van der Waals surface area contributed by atoms with Gasteiger partial charge in [0.2, 0.25) is 0 Å². The minimum absolute atomic E-state index is 1.11. The summed E-state index contributed by atoms with van der Waals surface area (Å²) < 4.78 is 0. The van der Waals surface area contributed by atoms with Crippen LogP contribution in [0.2, 0.25) is 0 Å². The van der Waals surface area contributed by atoms with Gasteiger partial charge in [-0.1, -0.05) is 230 Å². The number of nitrogens with zero attached hydrogens (tertiary/aromatic N) is 2. The minimum atomic E-state index is 1.11. The van der Waals surface area contributed by atoms with Crippen molar-refractivity contribution >= 4 is 145 Å². The molecular weight excluding hydrogens is 941 g/mol. The molecule has 0 N–H and O–H groups in total. The van der Waals surface area contributed by atoms with E-state index in [0.29, 0.717) is 0 Å². The molecule has 0 saturated heterocycles. The molecule has 0 atom stereocenters. The molecule has 0 unspecified atom stereocenters. The molecule has 0 aliphatic carbocycles. The zero-order valence-electron chi connectivity index (χ0n) is 43.5. The first-order valence-electron chi connectivity index (χ1n) is 27.1. The van der Waals surface area contributed by atoms with Crippen LogP contribution in [0.1, 0.15) is 33.4 Å². The Labute approximate surface area is 454 Å². The second kappa shape index (κ2) is 18.4. The smallest absolute Gasteiger partial charge is 0.0540 e. The zero-order chi connectivity index (χ0) is 51.8. The van der Waals surface area contributed by atoms with E-state index in [1.165, 1.54) is 108 Å². The molecule has 0 spiro atoms. The molecule has 15 aromatic carbocycles. The van der Waals surface area contributed by atoms with Gasteiger partial charge >= 0.3 is 0 Å². The van der Waals surface area contributed by atoms with Crippen molar-refractivity contribution in [3.8, 4) is 0 Å². The molecule has 15 rings (SSSR count). The summed E-state index contributed by atoms with van der Waals surface area (Å²) >= 11 is 0. The Morgan fingerprint density at radius 3 is 0.872 bits per heavy atom. The maximum atomic E-state index is 2.41. The molecule has 0 fully saturated rings. The molecule has 15 aromatic rings. The molecule has 0 aromatic heterocycles. The van der Waals surface area contributed by atoms with E-state index < -0.39 is 0 Å². The van der Waals surface area contributed by atoms with Crippen LogP contribution in [0.25, 0.3) is 110 Å². The van der Waals surface area contributed by atoms with Gasteiger partial charge in [0, 0.05) is 33.5 Å². The lowest BCUT2D eigenvalue weighted by Crippen LogP contribution is -2.10. The van der Waals surface area contributed by atoms with Gasteiger partial charge in [0.15, 0.2) is 0 Å². The maximum absolute atomic E-state index is 2.41. The van der Waals surface area contributed by atoms with Crippen LogP contribution in [-0.2, 0) is 0 Å². The molecule has 2 heteroatoms. The van der Waals surface area contributed by atoms with E-state index in [-0.39, 0.29) is 0 Å². The van der Waals surface area contributed by atoms with Gasteiger partial charge < -0.3 is 9.80 Å². The summed E-state index contributed by atoms with van der Waals surface area (Å²) in [5.41, 5.74) is 14.0. The van der Waals surface area contributed by atoms with Crippen molar-refractivity contribution in [1.82, 2.24) is 0 Å². The van der Waals surface area contributed by atoms with Crippen LogP contribution in [0.15, 0.2) is 255 Å². The van der Waals surface area contributed by atoms with Gasteiger partial charge in [-0.25, -0.2) is 0 Å². The van der Waals surface area contributed by atoms with Crippen LogP contribution in [0.5, 0.6) is 0 Å². The molecule has 366 valence electrons. The van der Waals surface area contributed by atoms with Crippen molar-refractivity contribution in [2.75, 3.05) is 9.80 Å². The van der Waals surface area contributed by atoms with E-state index in [1.54, 1.807) is 0 Å². The number of fused-ring (bicyclic) bond motifs is 2. The molecular formula is C76H52N2. The predicted octanol–water partition coefficient (Wildman–Crippen LogP) is 21.7. The van der Waals surface area contributed by atoms with E-state index in [9.17, 15) is 0 Å². The Hall–Kier alpha value is -10.0. The van der Waals surface area contributed by atoms with Gasteiger partial charge in [-0.15, -0.1) is 0 Å². The topological polar surface area (TPSA) is 6.48 Å². The van der Waals surface area contributed by atoms with Crippen molar-refractivity contribution in [3.05, 3.63) is 288 Å². The van der Waals surface area contributed by atoms with Crippen LogP contribution in [0.4, 0.5) is 34.1 Å². The van der Waals surface area contributed by atoms with Crippen LogP contribution in [0, 0.1) is 13.8 Å². The SMILES string of the molecule is Cc1ccc(N(c2ccc(C=Cc3c4ccccc4c(C=Cc4ccc(N(c5ccc(C)cc5)c5ccc6ccc7cccc8ccc5c6c78)cc4)c4ccccc34)cc2)c2ccc3ccc4cccc5ccc2c3c45)cc1. The normalized spacial score (nSPS) is 12.1. The summed E-state index contributed by atoms with van der Waals surface area (Å²) in [6.07, 6.45) is 9.16. The first-order chi connectivity index (χ1) is 38.5. The molecule has 0 aliphatic heterocycles. The number of anilines is 6. The number of aryl methyl sites for hydroxylation is 2. The third kappa shape index (κ3) is 7.56.